The zero-order valence-electron chi connectivity index (χ0n) is 19.3. The topological polar surface area (TPSA) is 73.2 Å². The number of hydrogen-bond donors (Lipinski definition) is 1. The average Bonchev–Trinajstić information content (AvgIpc) is 2.79. The molecule has 1 amide bonds. The van der Waals surface area contributed by atoms with E-state index in [0.717, 1.165) is 17.7 Å². The Morgan fingerprint density at radius 1 is 1.12 bits per heavy atom. The molecule has 0 saturated heterocycles. The summed E-state index contributed by atoms with van der Waals surface area (Å²) in [6.45, 7) is 8.40. The number of aromatic nitrogens is 2. The Kier molecular flexibility index (Phi) is 8.10. The van der Waals surface area contributed by atoms with E-state index >= 15 is 0 Å². The molecule has 3 unspecified atom stereocenters. The Hall–Kier alpha value is -2.64. The van der Waals surface area contributed by atoms with E-state index in [2.05, 4.69) is 25.2 Å². The van der Waals surface area contributed by atoms with Gasteiger partial charge in [0.15, 0.2) is 5.16 Å². The van der Waals surface area contributed by atoms with Crippen molar-refractivity contribution < 1.29 is 9.53 Å². The monoisotopic (exact) mass is 453 g/mol. The summed E-state index contributed by atoms with van der Waals surface area (Å²) in [5.74, 6) is 0.218. The summed E-state index contributed by atoms with van der Waals surface area (Å²) in [5, 5.41) is 3.69. The molecule has 1 heterocycles. The van der Waals surface area contributed by atoms with Crippen molar-refractivity contribution >= 4 is 34.3 Å². The first-order valence-electron chi connectivity index (χ1n) is 10.9. The maximum Gasteiger partial charge on any atom is 0.262 e. The van der Waals surface area contributed by atoms with E-state index in [9.17, 15) is 9.59 Å². The molecule has 0 saturated carbocycles. The van der Waals surface area contributed by atoms with Crippen LogP contribution in [-0.2, 0) is 9.53 Å². The SMILES string of the molecule is CCC(C)c1ccccc1NC(=O)C(C)Sc1nc2ccccc2c(=O)n1C(C)COC. The van der Waals surface area contributed by atoms with Crippen molar-refractivity contribution in [3.63, 3.8) is 0 Å². The fourth-order valence-corrected chi connectivity index (χ4v) is 4.63. The first kappa shape index (κ1) is 24.0. The quantitative estimate of drug-likeness (QED) is 0.354. The van der Waals surface area contributed by atoms with Crippen LogP contribution in [0.1, 0.15) is 51.6 Å². The molecule has 3 atom stereocenters. The molecule has 0 aliphatic rings. The highest BCUT2D eigenvalue weighted by Gasteiger charge is 2.23. The molecule has 0 aliphatic heterocycles. The summed E-state index contributed by atoms with van der Waals surface area (Å²) in [5.41, 5.74) is 2.44. The molecule has 3 rings (SSSR count). The molecule has 7 heteroatoms. The van der Waals surface area contributed by atoms with Crippen LogP contribution in [0.3, 0.4) is 0 Å². The summed E-state index contributed by atoms with van der Waals surface area (Å²) in [6, 6.07) is 15.0. The Morgan fingerprint density at radius 2 is 1.81 bits per heavy atom. The van der Waals surface area contributed by atoms with Crippen molar-refractivity contribution in [2.45, 2.75) is 56.5 Å². The molecule has 0 bridgehead atoms. The highest BCUT2D eigenvalue weighted by Crippen LogP contribution is 2.29. The average molecular weight is 454 g/mol. The largest absolute Gasteiger partial charge is 0.383 e. The molecule has 1 N–H and O–H groups in total. The van der Waals surface area contributed by atoms with Crippen LogP contribution in [0.25, 0.3) is 10.9 Å². The number of nitrogens with one attached hydrogen (secondary N) is 1. The minimum Gasteiger partial charge on any atom is -0.383 e. The van der Waals surface area contributed by atoms with Crippen molar-refractivity contribution in [3.05, 3.63) is 64.4 Å². The number of nitrogens with zero attached hydrogens (tertiary/aromatic N) is 2. The Morgan fingerprint density at radius 3 is 2.53 bits per heavy atom. The molecule has 0 fully saturated rings. The number of anilines is 1. The summed E-state index contributed by atoms with van der Waals surface area (Å²) in [6.07, 6.45) is 0.988. The molecule has 6 nitrogen and oxygen atoms in total. The molecular formula is C25H31N3O3S. The highest BCUT2D eigenvalue weighted by molar-refractivity contribution is 8.00. The molecule has 2 aromatic carbocycles. The standard InChI is InChI=1S/C25H31N3O3S/c1-6-16(2)19-11-7-9-13-21(19)26-23(29)18(4)32-25-27-22-14-10-8-12-20(22)24(30)28(25)17(3)15-31-5/h7-14,16-18H,6,15H2,1-5H3,(H,26,29). The van der Waals surface area contributed by atoms with Gasteiger partial charge in [-0.05, 0) is 49.9 Å². The number of para-hydroxylation sites is 2. The fraction of sp³-hybridized carbons (Fsp3) is 0.400. The van der Waals surface area contributed by atoms with Crippen LogP contribution in [0.4, 0.5) is 5.69 Å². The van der Waals surface area contributed by atoms with Gasteiger partial charge in [-0.2, -0.15) is 0 Å². The van der Waals surface area contributed by atoms with Gasteiger partial charge in [-0.25, -0.2) is 4.98 Å². The third kappa shape index (κ3) is 5.22. The van der Waals surface area contributed by atoms with Gasteiger partial charge in [-0.15, -0.1) is 0 Å². The van der Waals surface area contributed by atoms with Gasteiger partial charge in [0.2, 0.25) is 5.91 Å². The van der Waals surface area contributed by atoms with E-state index in [4.69, 9.17) is 9.72 Å². The first-order valence-corrected chi connectivity index (χ1v) is 11.8. The summed E-state index contributed by atoms with van der Waals surface area (Å²) >= 11 is 1.29. The minimum atomic E-state index is -0.450. The van der Waals surface area contributed by atoms with Crippen molar-refractivity contribution in [3.8, 4) is 0 Å². The lowest BCUT2D eigenvalue weighted by atomic mass is 9.97. The van der Waals surface area contributed by atoms with Crippen LogP contribution < -0.4 is 10.9 Å². The second-order valence-corrected chi connectivity index (χ2v) is 9.34. The first-order chi connectivity index (χ1) is 15.4. The highest BCUT2D eigenvalue weighted by atomic mass is 32.2. The lowest BCUT2D eigenvalue weighted by Gasteiger charge is -2.21. The number of carbonyl (C=O) groups excluding carboxylic acids is 1. The molecular weight excluding hydrogens is 422 g/mol. The molecule has 32 heavy (non-hydrogen) atoms. The number of ether oxygens (including phenoxy) is 1. The third-order valence-electron chi connectivity index (χ3n) is 5.64. The van der Waals surface area contributed by atoms with Crippen molar-refractivity contribution in [2.75, 3.05) is 19.0 Å². The number of benzene rings is 2. The van der Waals surface area contributed by atoms with Crippen molar-refractivity contribution in [1.82, 2.24) is 9.55 Å². The van der Waals surface area contributed by atoms with Crippen molar-refractivity contribution in [1.29, 1.82) is 0 Å². The Labute approximate surface area is 193 Å². The number of amides is 1. The van der Waals surface area contributed by atoms with Crippen LogP contribution in [0.2, 0.25) is 0 Å². The van der Waals surface area contributed by atoms with E-state index in [0.29, 0.717) is 28.6 Å². The lowest BCUT2D eigenvalue weighted by molar-refractivity contribution is -0.115. The maximum atomic E-state index is 13.2. The van der Waals surface area contributed by atoms with Crippen molar-refractivity contribution in [2.24, 2.45) is 0 Å². The van der Waals surface area contributed by atoms with Gasteiger partial charge in [-0.1, -0.05) is 55.9 Å². The number of carbonyl (C=O) groups is 1. The smallest absolute Gasteiger partial charge is 0.262 e. The second kappa shape index (κ2) is 10.8. The van der Waals surface area contributed by atoms with E-state index < -0.39 is 5.25 Å². The van der Waals surface area contributed by atoms with Gasteiger partial charge in [0.05, 0.1) is 28.8 Å². The van der Waals surface area contributed by atoms with Crippen LogP contribution in [-0.4, -0.2) is 34.4 Å². The number of thioether (sulfide) groups is 1. The molecule has 0 radical (unpaired) electrons. The van der Waals surface area contributed by atoms with E-state index in [-0.39, 0.29) is 17.5 Å². The van der Waals surface area contributed by atoms with Gasteiger partial charge >= 0.3 is 0 Å². The summed E-state index contributed by atoms with van der Waals surface area (Å²) < 4.78 is 6.91. The number of hydrogen-bond acceptors (Lipinski definition) is 5. The second-order valence-electron chi connectivity index (χ2n) is 8.04. The van der Waals surface area contributed by atoms with Gasteiger partial charge in [0.1, 0.15) is 0 Å². The normalized spacial score (nSPS) is 14.2. The van der Waals surface area contributed by atoms with Crippen LogP contribution in [0, 0.1) is 0 Å². The van der Waals surface area contributed by atoms with Gasteiger partial charge < -0.3 is 10.1 Å². The van der Waals surface area contributed by atoms with E-state index in [1.165, 1.54) is 11.8 Å². The number of methoxy groups -OCH3 is 1. The molecule has 0 aliphatic carbocycles. The predicted molar refractivity (Wildman–Crippen MR) is 132 cm³/mol. The fourth-order valence-electron chi connectivity index (χ4n) is 3.62. The van der Waals surface area contributed by atoms with Crippen LogP contribution >= 0.6 is 11.8 Å². The van der Waals surface area contributed by atoms with E-state index in [1.807, 2.05) is 50.2 Å². The summed E-state index contributed by atoms with van der Waals surface area (Å²) in [7, 11) is 1.60. The van der Waals surface area contributed by atoms with Crippen LogP contribution in [0.15, 0.2) is 58.5 Å². The molecule has 3 aromatic rings. The predicted octanol–water partition coefficient (Wildman–Crippen LogP) is 5.24. The maximum absolute atomic E-state index is 13.2. The van der Waals surface area contributed by atoms with Gasteiger partial charge in [-0.3, -0.25) is 14.2 Å². The molecule has 0 spiro atoms. The van der Waals surface area contributed by atoms with E-state index in [1.54, 1.807) is 17.7 Å². The Bertz CT molecular complexity index is 1140. The zero-order valence-corrected chi connectivity index (χ0v) is 20.1. The zero-order chi connectivity index (χ0) is 23.3. The summed E-state index contributed by atoms with van der Waals surface area (Å²) in [4.78, 5) is 31.0. The number of rotatable bonds is 9. The molecule has 170 valence electrons. The Balaban J connectivity index is 1.91. The molecule has 1 aromatic heterocycles. The minimum absolute atomic E-state index is 0.126. The number of fused-ring (bicyclic) bond motifs is 1. The lowest BCUT2D eigenvalue weighted by Crippen LogP contribution is -2.30. The van der Waals surface area contributed by atoms with Gasteiger partial charge in [0, 0.05) is 12.8 Å². The van der Waals surface area contributed by atoms with Crippen LogP contribution in [0.5, 0.6) is 0 Å². The van der Waals surface area contributed by atoms with Gasteiger partial charge in [0.25, 0.3) is 5.56 Å². The third-order valence-corrected chi connectivity index (χ3v) is 6.70.